The molecule has 0 atom stereocenters. The maximum Gasteiger partial charge on any atom is 0.135 e. The summed E-state index contributed by atoms with van der Waals surface area (Å²) in [5.41, 5.74) is 0.610. The number of carbonyl (C=O) groups is 1. The van der Waals surface area contributed by atoms with E-state index in [0.29, 0.717) is 17.1 Å². The van der Waals surface area contributed by atoms with E-state index in [-0.39, 0.29) is 0 Å². The summed E-state index contributed by atoms with van der Waals surface area (Å²) in [4.78, 5) is 17.6. The van der Waals surface area contributed by atoms with Crippen LogP contribution in [-0.2, 0) is 4.79 Å². The molecule has 3 aliphatic rings. The highest BCUT2D eigenvalue weighted by atomic mass is 16.1. The number of likely N-dealkylation sites (tertiary alicyclic amines) is 1. The van der Waals surface area contributed by atoms with E-state index >= 15 is 0 Å². The van der Waals surface area contributed by atoms with Gasteiger partial charge in [-0.1, -0.05) is 20.8 Å². The quantitative estimate of drug-likeness (QED) is 0.586. The molecule has 0 aromatic heterocycles. The van der Waals surface area contributed by atoms with Crippen LogP contribution in [0.15, 0.2) is 0 Å². The molecule has 27 heavy (non-hydrogen) atoms. The van der Waals surface area contributed by atoms with Crippen molar-refractivity contribution in [2.75, 3.05) is 26.7 Å². The molecule has 0 unspecified atom stereocenters. The summed E-state index contributed by atoms with van der Waals surface area (Å²) in [5, 5.41) is 0. The fraction of sp³-hybridized carbons (Fsp3) is 0.958. The van der Waals surface area contributed by atoms with E-state index in [2.05, 4.69) is 37.6 Å². The molecule has 3 nitrogen and oxygen atoms in total. The Bertz CT molecular complexity index is 465. The number of carbonyl (C=O) groups excluding carboxylic acids is 1. The van der Waals surface area contributed by atoms with Crippen molar-refractivity contribution in [3.63, 3.8) is 0 Å². The summed E-state index contributed by atoms with van der Waals surface area (Å²) in [6, 6.07) is 1.64. The van der Waals surface area contributed by atoms with Crippen LogP contribution in [0.3, 0.4) is 0 Å². The third kappa shape index (κ3) is 5.35. The van der Waals surface area contributed by atoms with Gasteiger partial charge in [0.25, 0.3) is 0 Å². The zero-order chi connectivity index (χ0) is 19.4. The van der Waals surface area contributed by atoms with Gasteiger partial charge in [0.15, 0.2) is 0 Å². The van der Waals surface area contributed by atoms with Crippen LogP contribution in [0.1, 0.15) is 91.4 Å². The maximum atomic E-state index is 12.2. The lowest BCUT2D eigenvalue weighted by molar-refractivity contribution is -0.126. The summed E-state index contributed by atoms with van der Waals surface area (Å²) in [5.74, 6) is 1.75. The number of piperidine rings is 1. The highest BCUT2D eigenvalue weighted by Crippen LogP contribution is 2.54. The number of Topliss-reactive ketones (excluding diaryl/α,β-unsaturated/α-hetero) is 1. The molecule has 0 bridgehead atoms. The van der Waals surface area contributed by atoms with Gasteiger partial charge in [-0.05, 0) is 102 Å². The third-order valence-corrected chi connectivity index (χ3v) is 8.03. The molecule has 2 saturated carbocycles. The SMILES string of the molecule is CCCC(=O)C1CCC2(CC1)CC(N1CCC(N(C)CCC(C)C)CC1)C2. The van der Waals surface area contributed by atoms with Gasteiger partial charge in [-0.2, -0.15) is 0 Å². The van der Waals surface area contributed by atoms with E-state index < -0.39 is 0 Å². The third-order valence-electron chi connectivity index (χ3n) is 8.03. The lowest BCUT2D eigenvalue weighted by atomic mass is 9.56. The van der Waals surface area contributed by atoms with Crippen LogP contribution in [0.2, 0.25) is 0 Å². The molecule has 0 N–H and O–H groups in total. The lowest BCUT2D eigenvalue weighted by Crippen LogP contribution is -2.55. The highest BCUT2D eigenvalue weighted by Gasteiger charge is 2.48. The Morgan fingerprint density at radius 3 is 2.30 bits per heavy atom. The van der Waals surface area contributed by atoms with Crippen LogP contribution in [-0.4, -0.2) is 54.3 Å². The van der Waals surface area contributed by atoms with Crippen LogP contribution >= 0.6 is 0 Å². The Morgan fingerprint density at radius 1 is 1.11 bits per heavy atom. The van der Waals surface area contributed by atoms with Crippen molar-refractivity contribution >= 4 is 5.78 Å². The molecule has 1 spiro atoms. The van der Waals surface area contributed by atoms with E-state index in [1.165, 1.54) is 77.4 Å². The molecular formula is C24H44N2O. The molecule has 0 aromatic rings. The molecule has 0 aromatic carbocycles. The van der Waals surface area contributed by atoms with Crippen molar-refractivity contribution in [2.24, 2.45) is 17.3 Å². The van der Waals surface area contributed by atoms with Gasteiger partial charge in [0.1, 0.15) is 5.78 Å². The molecular weight excluding hydrogens is 332 g/mol. The average Bonchev–Trinajstić information content (AvgIpc) is 2.64. The normalized spacial score (nSPS) is 33.0. The Kier molecular flexibility index (Phi) is 7.41. The molecule has 1 aliphatic heterocycles. The molecule has 3 rings (SSSR count). The summed E-state index contributed by atoms with van der Waals surface area (Å²) < 4.78 is 0. The second kappa shape index (κ2) is 9.39. The first-order valence-corrected chi connectivity index (χ1v) is 11.9. The van der Waals surface area contributed by atoms with Gasteiger partial charge in [0.2, 0.25) is 0 Å². The zero-order valence-electron chi connectivity index (χ0n) is 18.5. The Labute approximate surface area is 168 Å². The van der Waals surface area contributed by atoms with Crippen molar-refractivity contribution in [3.8, 4) is 0 Å². The van der Waals surface area contributed by atoms with Crippen LogP contribution < -0.4 is 0 Å². The number of hydrogen-bond donors (Lipinski definition) is 0. The first-order chi connectivity index (χ1) is 12.9. The first kappa shape index (κ1) is 21.3. The number of hydrogen-bond acceptors (Lipinski definition) is 3. The van der Waals surface area contributed by atoms with Crippen LogP contribution in [0, 0.1) is 17.3 Å². The summed E-state index contributed by atoms with van der Waals surface area (Å²) in [6.07, 6.45) is 13.7. The van der Waals surface area contributed by atoms with Gasteiger partial charge in [-0.15, -0.1) is 0 Å². The van der Waals surface area contributed by atoms with Crippen molar-refractivity contribution < 1.29 is 4.79 Å². The first-order valence-electron chi connectivity index (χ1n) is 11.9. The van der Waals surface area contributed by atoms with Crippen molar-refractivity contribution in [1.82, 2.24) is 9.80 Å². The fourth-order valence-electron chi connectivity index (χ4n) is 5.95. The summed E-state index contributed by atoms with van der Waals surface area (Å²) in [7, 11) is 2.33. The van der Waals surface area contributed by atoms with Gasteiger partial charge >= 0.3 is 0 Å². The van der Waals surface area contributed by atoms with E-state index in [9.17, 15) is 4.79 Å². The van der Waals surface area contributed by atoms with Gasteiger partial charge in [0.05, 0.1) is 0 Å². The standard InChI is InChI=1S/C24H44N2O/c1-5-6-23(27)20-7-12-24(13-8-20)17-22(18-24)26-15-10-21(11-16-26)25(4)14-9-19(2)3/h19-22H,5-18H2,1-4H3. The highest BCUT2D eigenvalue weighted by molar-refractivity contribution is 5.81. The Hall–Kier alpha value is -0.410. The Balaban J connectivity index is 1.36. The largest absolute Gasteiger partial charge is 0.303 e. The van der Waals surface area contributed by atoms with Gasteiger partial charge in [-0.3, -0.25) is 4.79 Å². The van der Waals surface area contributed by atoms with Crippen molar-refractivity contribution in [2.45, 2.75) is 103 Å². The zero-order valence-corrected chi connectivity index (χ0v) is 18.5. The minimum atomic E-state index is 0.395. The minimum Gasteiger partial charge on any atom is -0.303 e. The second-order valence-corrected chi connectivity index (χ2v) is 10.5. The molecule has 3 heteroatoms. The summed E-state index contributed by atoms with van der Waals surface area (Å²) in [6.45, 7) is 10.6. The van der Waals surface area contributed by atoms with E-state index in [1.807, 2.05) is 0 Å². The van der Waals surface area contributed by atoms with Crippen molar-refractivity contribution in [1.29, 1.82) is 0 Å². The number of ketones is 1. The minimum absolute atomic E-state index is 0.395. The lowest BCUT2D eigenvalue weighted by Gasteiger charge is -2.56. The van der Waals surface area contributed by atoms with E-state index in [0.717, 1.165) is 30.8 Å². The molecule has 1 saturated heterocycles. The predicted molar refractivity (Wildman–Crippen MR) is 114 cm³/mol. The predicted octanol–water partition coefficient (Wildman–Crippen LogP) is 5.14. The van der Waals surface area contributed by atoms with Crippen LogP contribution in [0.5, 0.6) is 0 Å². The summed E-state index contributed by atoms with van der Waals surface area (Å²) >= 11 is 0. The van der Waals surface area contributed by atoms with Gasteiger partial charge < -0.3 is 9.80 Å². The van der Waals surface area contributed by atoms with Gasteiger partial charge in [0, 0.05) is 24.4 Å². The van der Waals surface area contributed by atoms with Gasteiger partial charge in [-0.25, -0.2) is 0 Å². The van der Waals surface area contributed by atoms with Crippen LogP contribution in [0.4, 0.5) is 0 Å². The van der Waals surface area contributed by atoms with E-state index in [1.54, 1.807) is 0 Å². The Morgan fingerprint density at radius 2 is 1.74 bits per heavy atom. The average molecular weight is 377 g/mol. The van der Waals surface area contributed by atoms with Crippen LogP contribution in [0.25, 0.3) is 0 Å². The maximum absolute atomic E-state index is 12.2. The number of rotatable bonds is 8. The smallest absolute Gasteiger partial charge is 0.135 e. The number of nitrogens with zero attached hydrogens (tertiary/aromatic N) is 2. The fourth-order valence-corrected chi connectivity index (χ4v) is 5.95. The monoisotopic (exact) mass is 376 g/mol. The molecule has 2 aliphatic carbocycles. The molecule has 1 heterocycles. The molecule has 0 radical (unpaired) electrons. The van der Waals surface area contributed by atoms with Crippen molar-refractivity contribution in [3.05, 3.63) is 0 Å². The molecule has 3 fully saturated rings. The molecule has 156 valence electrons. The molecule has 0 amide bonds. The topological polar surface area (TPSA) is 23.6 Å². The second-order valence-electron chi connectivity index (χ2n) is 10.5. The van der Waals surface area contributed by atoms with E-state index in [4.69, 9.17) is 0 Å².